The highest BCUT2D eigenvalue weighted by Crippen LogP contribution is 2.35. The number of carboxylic acid groups (broad SMARTS) is 1. The summed E-state index contributed by atoms with van der Waals surface area (Å²) < 4.78 is 5.22. The van der Waals surface area contributed by atoms with Gasteiger partial charge in [0, 0.05) is 12.3 Å². The second kappa shape index (κ2) is 3.45. The molecule has 0 atom stereocenters. The molecular weight excluding hydrogens is 200 g/mol. The maximum atomic E-state index is 10.4. The maximum absolute atomic E-state index is 10.4. The lowest BCUT2D eigenvalue weighted by molar-refractivity contribution is 0.209. The SMILES string of the molecule is Nc1nc(NC(=O)O)cc2c1N=CCO2. The molecule has 0 aliphatic carbocycles. The Balaban J connectivity index is 2.41. The third-order valence-corrected chi connectivity index (χ3v) is 1.75. The number of nitrogens with zero attached hydrogens (tertiary/aromatic N) is 2. The highest BCUT2D eigenvalue weighted by Gasteiger charge is 2.14. The summed E-state index contributed by atoms with van der Waals surface area (Å²) in [6.07, 6.45) is 0.353. The molecule has 0 bridgehead atoms. The Labute approximate surface area is 84.6 Å². The summed E-state index contributed by atoms with van der Waals surface area (Å²) in [7, 11) is 0. The number of ether oxygens (including phenoxy) is 1. The molecule has 0 fully saturated rings. The molecule has 2 heterocycles. The smallest absolute Gasteiger partial charge is 0.410 e. The van der Waals surface area contributed by atoms with Gasteiger partial charge in [0.25, 0.3) is 0 Å². The first-order chi connectivity index (χ1) is 7.16. The zero-order valence-corrected chi connectivity index (χ0v) is 7.60. The van der Waals surface area contributed by atoms with Crippen LogP contribution in [0, 0.1) is 0 Å². The van der Waals surface area contributed by atoms with Crippen LogP contribution < -0.4 is 15.8 Å². The van der Waals surface area contributed by atoms with Gasteiger partial charge in [-0.15, -0.1) is 0 Å². The number of nitrogen functional groups attached to an aromatic ring is 1. The number of anilines is 2. The first kappa shape index (κ1) is 9.25. The van der Waals surface area contributed by atoms with E-state index >= 15 is 0 Å². The zero-order chi connectivity index (χ0) is 10.8. The molecule has 1 amide bonds. The average Bonchev–Trinajstić information content (AvgIpc) is 2.16. The van der Waals surface area contributed by atoms with Gasteiger partial charge in [-0.25, -0.2) is 14.8 Å². The Bertz CT molecular complexity index is 444. The number of aromatic nitrogens is 1. The minimum absolute atomic E-state index is 0.121. The molecule has 0 spiro atoms. The summed E-state index contributed by atoms with van der Waals surface area (Å²) in [5.74, 6) is 0.678. The molecule has 0 saturated heterocycles. The summed E-state index contributed by atoms with van der Waals surface area (Å²) in [5, 5.41) is 10.6. The van der Waals surface area contributed by atoms with Crippen LogP contribution in [0.15, 0.2) is 11.1 Å². The zero-order valence-electron chi connectivity index (χ0n) is 7.60. The van der Waals surface area contributed by atoms with Crippen LogP contribution in [-0.4, -0.2) is 29.0 Å². The first-order valence-electron chi connectivity index (χ1n) is 4.12. The third-order valence-electron chi connectivity index (χ3n) is 1.75. The number of pyridine rings is 1. The van der Waals surface area contributed by atoms with Gasteiger partial charge in [0.2, 0.25) is 0 Å². The van der Waals surface area contributed by atoms with E-state index in [1.807, 2.05) is 0 Å². The van der Waals surface area contributed by atoms with Crippen LogP contribution >= 0.6 is 0 Å². The average molecular weight is 208 g/mol. The first-order valence-corrected chi connectivity index (χ1v) is 4.12. The number of hydrogen-bond acceptors (Lipinski definition) is 5. The van der Waals surface area contributed by atoms with E-state index in [0.29, 0.717) is 18.0 Å². The van der Waals surface area contributed by atoms with Crippen LogP contribution in [0.5, 0.6) is 5.75 Å². The van der Waals surface area contributed by atoms with E-state index in [2.05, 4.69) is 15.3 Å². The minimum atomic E-state index is -1.21. The van der Waals surface area contributed by atoms with Crippen LogP contribution in [0.4, 0.5) is 22.1 Å². The fourth-order valence-corrected chi connectivity index (χ4v) is 1.20. The Hall–Kier alpha value is -2.31. The van der Waals surface area contributed by atoms with E-state index in [4.69, 9.17) is 15.6 Å². The Morgan fingerprint density at radius 3 is 3.20 bits per heavy atom. The molecular formula is C8H8N4O3. The Kier molecular flexibility index (Phi) is 2.13. The van der Waals surface area contributed by atoms with Crippen LogP contribution in [0.2, 0.25) is 0 Å². The van der Waals surface area contributed by atoms with Crippen molar-refractivity contribution in [2.24, 2.45) is 4.99 Å². The number of aliphatic imine (C=N–C) groups is 1. The molecule has 2 rings (SSSR count). The summed E-state index contributed by atoms with van der Waals surface area (Å²) >= 11 is 0. The predicted molar refractivity (Wildman–Crippen MR) is 53.9 cm³/mol. The molecule has 4 N–H and O–H groups in total. The van der Waals surface area contributed by atoms with E-state index in [9.17, 15) is 4.79 Å². The van der Waals surface area contributed by atoms with Crippen LogP contribution in [0.25, 0.3) is 0 Å². The number of nitrogens with two attached hydrogens (primary N) is 1. The molecule has 7 nitrogen and oxygen atoms in total. The highest BCUT2D eigenvalue weighted by molar-refractivity contribution is 5.85. The van der Waals surface area contributed by atoms with E-state index in [1.165, 1.54) is 6.07 Å². The van der Waals surface area contributed by atoms with Gasteiger partial charge < -0.3 is 15.6 Å². The molecule has 7 heteroatoms. The summed E-state index contributed by atoms with van der Waals surface area (Å²) in [6.45, 7) is 0.336. The number of nitrogens with one attached hydrogen (secondary N) is 1. The van der Waals surface area contributed by atoms with E-state index < -0.39 is 6.09 Å². The van der Waals surface area contributed by atoms with Crippen molar-refractivity contribution in [3.05, 3.63) is 6.07 Å². The van der Waals surface area contributed by atoms with Crippen molar-refractivity contribution in [1.82, 2.24) is 4.98 Å². The molecule has 0 aromatic carbocycles. The molecule has 78 valence electrons. The van der Waals surface area contributed by atoms with Gasteiger partial charge in [0.1, 0.15) is 18.1 Å². The maximum Gasteiger partial charge on any atom is 0.410 e. The number of hydrogen-bond donors (Lipinski definition) is 3. The molecule has 1 aromatic heterocycles. The summed E-state index contributed by atoms with van der Waals surface area (Å²) in [4.78, 5) is 18.2. The van der Waals surface area contributed by atoms with Crippen LogP contribution in [-0.2, 0) is 0 Å². The van der Waals surface area contributed by atoms with E-state index in [0.717, 1.165) is 0 Å². The van der Waals surface area contributed by atoms with Gasteiger partial charge in [0.15, 0.2) is 11.6 Å². The topological polar surface area (TPSA) is 110 Å². The lowest BCUT2D eigenvalue weighted by Gasteiger charge is -2.13. The van der Waals surface area contributed by atoms with Crippen molar-refractivity contribution >= 4 is 29.6 Å². The molecule has 0 unspecified atom stereocenters. The van der Waals surface area contributed by atoms with Crippen molar-refractivity contribution in [1.29, 1.82) is 0 Å². The number of rotatable bonds is 1. The van der Waals surface area contributed by atoms with Gasteiger partial charge in [0.05, 0.1) is 0 Å². The minimum Gasteiger partial charge on any atom is -0.485 e. The fourth-order valence-electron chi connectivity index (χ4n) is 1.20. The van der Waals surface area contributed by atoms with E-state index in [-0.39, 0.29) is 11.6 Å². The number of amides is 1. The Morgan fingerprint density at radius 1 is 1.67 bits per heavy atom. The second-order valence-electron chi connectivity index (χ2n) is 2.79. The lowest BCUT2D eigenvalue weighted by Crippen LogP contribution is -2.11. The van der Waals surface area contributed by atoms with E-state index in [1.54, 1.807) is 6.21 Å². The van der Waals surface area contributed by atoms with Crippen LogP contribution in [0.3, 0.4) is 0 Å². The normalized spacial score (nSPS) is 12.8. The van der Waals surface area contributed by atoms with Crippen molar-refractivity contribution in [3.8, 4) is 5.75 Å². The standard InChI is InChI=1S/C8H8N4O3/c9-7-6-4(15-2-1-10-6)3-5(11-7)12-8(13)14/h1,3H,2H2,(H,13,14)(H3,9,11,12). The lowest BCUT2D eigenvalue weighted by atomic mass is 10.3. The van der Waals surface area contributed by atoms with Crippen molar-refractivity contribution in [2.45, 2.75) is 0 Å². The second-order valence-corrected chi connectivity index (χ2v) is 2.79. The van der Waals surface area contributed by atoms with Crippen molar-refractivity contribution < 1.29 is 14.6 Å². The fraction of sp³-hybridized carbons (Fsp3) is 0.125. The number of fused-ring (bicyclic) bond motifs is 1. The monoisotopic (exact) mass is 208 g/mol. The quantitative estimate of drug-likeness (QED) is 0.633. The largest absolute Gasteiger partial charge is 0.485 e. The van der Waals surface area contributed by atoms with Crippen molar-refractivity contribution in [3.63, 3.8) is 0 Å². The molecule has 0 radical (unpaired) electrons. The Morgan fingerprint density at radius 2 is 2.47 bits per heavy atom. The van der Waals surface area contributed by atoms with Gasteiger partial charge in [-0.1, -0.05) is 0 Å². The van der Waals surface area contributed by atoms with Crippen molar-refractivity contribution in [2.75, 3.05) is 17.7 Å². The van der Waals surface area contributed by atoms with Gasteiger partial charge in [-0.3, -0.25) is 5.32 Å². The van der Waals surface area contributed by atoms with Crippen LogP contribution in [0.1, 0.15) is 0 Å². The predicted octanol–water partition coefficient (Wildman–Crippen LogP) is 0.848. The molecule has 0 saturated carbocycles. The van der Waals surface area contributed by atoms with Gasteiger partial charge in [-0.2, -0.15) is 0 Å². The molecule has 15 heavy (non-hydrogen) atoms. The molecule has 1 aromatic rings. The summed E-state index contributed by atoms with van der Waals surface area (Å²) in [6, 6.07) is 1.44. The highest BCUT2D eigenvalue weighted by atomic mass is 16.5. The summed E-state index contributed by atoms with van der Waals surface area (Å²) in [5.41, 5.74) is 6.01. The number of carbonyl (C=O) groups is 1. The van der Waals surface area contributed by atoms with Gasteiger partial charge >= 0.3 is 6.09 Å². The van der Waals surface area contributed by atoms with Gasteiger partial charge in [-0.05, 0) is 0 Å². The molecule has 1 aliphatic rings. The molecule has 1 aliphatic heterocycles. The third kappa shape index (κ3) is 1.80.